The predicted molar refractivity (Wildman–Crippen MR) is 63.8 cm³/mol. The first-order chi connectivity index (χ1) is 7.27. The van der Waals surface area contributed by atoms with Crippen LogP contribution in [0, 0.1) is 0 Å². The lowest BCUT2D eigenvalue weighted by Crippen LogP contribution is -2.18. The van der Waals surface area contributed by atoms with E-state index >= 15 is 0 Å². The van der Waals surface area contributed by atoms with E-state index in [4.69, 9.17) is 4.42 Å². The largest absolute Gasteiger partial charge is 0.466 e. The van der Waals surface area contributed by atoms with Gasteiger partial charge in [0.05, 0.1) is 28.0 Å². The SMILES string of the molecule is CC(NCc1cscn1)c1occc1Br. The van der Waals surface area contributed by atoms with Crippen LogP contribution in [-0.4, -0.2) is 4.98 Å². The van der Waals surface area contributed by atoms with Crippen molar-refractivity contribution in [2.75, 3.05) is 0 Å². The molecule has 0 saturated heterocycles. The van der Waals surface area contributed by atoms with E-state index in [0.717, 1.165) is 22.5 Å². The van der Waals surface area contributed by atoms with Crippen molar-refractivity contribution in [2.24, 2.45) is 0 Å². The summed E-state index contributed by atoms with van der Waals surface area (Å²) in [5, 5.41) is 5.39. The second-order valence-electron chi connectivity index (χ2n) is 3.22. The Balaban J connectivity index is 1.93. The molecule has 5 heteroatoms. The molecule has 0 bridgehead atoms. The molecule has 2 heterocycles. The predicted octanol–water partition coefficient (Wildman–Crippen LogP) is 3.35. The van der Waals surface area contributed by atoms with Crippen LogP contribution in [0.5, 0.6) is 0 Å². The average Bonchev–Trinajstić information content (AvgIpc) is 2.84. The van der Waals surface area contributed by atoms with E-state index in [1.165, 1.54) is 0 Å². The van der Waals surface area contributed by atoms with Crippen LogP contribution >= 0.6 is 27.3 Å². The zero-order valence-electron chi connectivity index (χ0n) is 8.24. The number of rotatable bonds is 4. The van der Waals surface area contributed by atoms with E-state index in [1.54, 1.807) is 17.6 Å². The third kappa shape index (κ3) is 2.68. The fourth-order valence-corrected chi connectivity index (χ4v) is 2.39. The zero-order chi connectivity index (χ0) is 10.7. The topological polar surface area (TPSA) is 38.1 Å². The third-order valence-electron chi connectivity index (χ3n) is 2.11. The quantitative estimate of drug-likeness (QED) is 0.937. The lowest BCUT2D eigenvalue weighted by atomic mass is 10.2. The second-order valence-corrected chi connectivity index (χ2v) is 4.79. The first-order valence-electron chi connectivity index (χ1n) is 4.60. The van der Waals surface area contributed by atoms with Gasteiger partial charge in [0.15, 0.2) is 0 Å². The highest BCUT2D eigenvalue weighted by molar-refractivity contribution is 9.10. The molecule has 2 aromatic rings. The van der Waals surface area contributed by atoms with Gasteiger partial charge in [-0.1, -0.05) is 0 Å². The molecule has 0 fully saturated rings. The van der Waals surface area contributed by atoms with Crippen molar-refractivity contribution in [3.63, 3.8) is 0 Å². The number of furan rings is 1. The minimum absolute atomic E-state index is 0.177. The van der Waals surface area contributed by atoms with Gasteiger partial charge in [-0.3, -0.25) is 0 Å². The van der Waals surface area contributed by atoms with Crippen molar-refractivity contribution in [3.05, 3.63) is 39.1 Å². The molecule has 0 aliphatic carbocycles. The van der Waals surface area contributed by atoms with Crippen LogP contribution in [0.3, 0.4) is 0 Å². The minimum Gasteiger partial charge on any atom is -0.466 e. The number of halogens is 1. The van der Waals surface area contributed by atoms with Crippen LogP contribution in [0.1, 0.15) is 24.4 Å². The number of hydrogen-bond donors (Lipinski definition) is 1. The van der Waals surface area contributed by atoms with Gasteiger partial charge in [-0.25, -0.2) is 4.98 Å². The number of hydrogen-bond acceptors (Lipinski definition) is 4. The molecule has 1 N–H and O–H groups in total. The highest BCUT2D eigenvalue weighted by Gasteiger charge is 2.12. The Hall–Kier alpha value is -0.650. The fourth-order valence-electron chi connectivity index (χ4n) is 1.29. The number of nitrogens with zero attached hydrogens (tertiary/aromatic N) is 1. The van der Waals surface area contributed by atoms with Gasteiger partial charge >= 0.3 is 0 Å². The minimum atomic E-state index is 0.177. The summed E-state index contributed by atoms with van der Waals surface area (Å²) in [6.07, 6.45) is 1.68. The van der Waals surface area contributed by atoms with Gasteiger partial charge in [-0.05, 0) is 28.9 Å². The maximum atomic E-state index is 5.37. The lowest BCUT2D eigenvalue weighted by molar-refractivity contribution is 0.426. The molecule has 15 heavy (non-hydrogen) atoms. The Morgan fingerprint density at radius 3 is 3.13 bits per heavy atom. The molecule has 0 aliphatic heterocycles. The third-order valence-corrected chi connectivity index (χ3v) is 3.40. The van der Waals surface area contributed by atoms with Crippen molar-refractivity contribution in [1.29, 1.82) is 0 Å². The molecule has 0 aliphatic rings. The molecule has 3 nitrogen and oxygen atoms in total. The molecular weight excluding hydrogens is 276 g/mol. The second kappa shape index (κ2) is 4.92. The summed E-state index contributed by atoms with van der Waals surface area (Å²) >= 11 is 5.05. The Bertz CT molecular complexity index is 413. The number of nitrogens with one attached hydrogen (secondary N) is 1. The Kier molecular flexibility index (Phi) is 3.56. The van der Waals surface area contributed by atoms with Gasteiger partial charge in [-0.2, -0.15) is 0 Å². The van der Waals surface area contributed by atoms with Crippen LogP contribution < -0.4 is 5.32 Å². The summed E-state index contributed by atoms with van der Waals surface area (Å²) in [5.41, 5.74) is 2.90. The first-order valence-corrected chi connectivity index (χ1v) is 6.34. The summed E-state index contributed by atoms with van der Waals surface area (Å²) in [5.74, 6) is 0.922. The van der Waals surface area contributed by atoms with Crippen molar-refractivity contribution in [2.45, 2.75) is 19.5 Å². The summed E-state index contributed by atoms with van der Waals surface area (Å²) in [6, 6.07) is 2.08. The standard InChI is InChI=1S/C10H11BrN2OS/c1-7(10-9(11)2-3-14-10)12-4-8-5-15-6-13-8/h2-3,5-7,12H,4H2,1H3. The van der Waals surface area contributed by atoms with Crippen LogP contribution in [0.2, 0.25) is 0 Å². The van der Waals surface area contributed by atoms with E-state index in [9.17, 15) is 0 Å². The number of thiazole rings is 1. The maximum Gasteiger partial charge on any atom is 0.134 e. The highest BCUT2D eigenvalue weighted by Crippen LogP contribution is 2.24. The summed E-state index contributed by atoms with van der Waals surface area (Å²) < 4.78 is 6.37. The van der Waals surface area contributed by atoms with Gasteiger partial charge < -0.3 is 9.73 Å². The molecule has 1 atom stereocenters. The van der Waals surface area contributed by atoms with E-state index < -0.39 is 0 Å². The fraction of sp³-hybridized carbons (Fsp3) is 0.300. The summed E-state index contributed by atoms with van der Waals surface area (Å²) in [7, 11) is 0. The van der Waals surface area contributed by atoms with Gasteiger partial charge in [0, 0.05) is 11.9 Å². The molecule has 0 spiro atoms. The van der Waals surface area contributed by atoms with E-state index in [1.807, 2.05) is 17.0 Å². The van der Waals surface area contributed by atoms with Crippen LogP contribution in [0.25, 0.3) is 0 Å². The van der Waals surface area contributed by atoms with Gasteiger partial charge in [0.1, 0.15) is 5.76 Å². The highest BCUT2D eigenvalue weighted by atomic mass is 79.9. The molecule has 2 aromatic heterocycles. The average molecular weight is 287 g/mol. The summed E-state index contributed by atoms with van der Waals surface area (Å²) in [4.78, 5) is 4.21. The lowest BCUT2D eigenvalue weighted by Gasteiger charge is -2.10. The van der Waals surface area contributed by atoms with Crippen molar-refractivity contribution < 1.29 is 4.42 Å². The maximum absolute atomic E-state index is 5.37. The molecular formula is C10H11BrN2OS. The van der Waals surface area contributed by atoms with Gasteiger partial charge in [-0.15, -0.1) is 11.3 Å². The van der Waals surface area contributed by atoms with Crippen molar-refractivity contribution in [3.8, 4) is 0 Å². The Morgan fingerprint density at radius 2 is 2.53 bits per heavy atom. The van der Waals surface area contributed by atoms with Crippen LogP contribution in [0.15, 0.2) is 32.1 Å². The van der Waals surface area contributed by atoms with Crippen molar-refractivity contribution in [1.82, 2.24) is 10.3 Å². The summed E-state index contributed by atoms with van der Waals surface area (Å²) in [6.45, 7) is 2.83. The molecule has 1 unspecified atom stereocenters. The van der Waals surface area contributed by atoms with Crippen molar-refractivity contribution >= 4 is 27.3 Å². The molecule has 0 amide bonds. The molecule has 2 rings (SSSR count). The molecule has 0 radical (unpaired) electrons. The smallest absolute Gasteiger partial charge is 0.134 e. The van der Waals surface area contributed by atoms with E-state index in [0.29, 0.717) is 0 Å². The first kappa shape index (κ1) is 10.9. The molecule has 0 saturated carbocycles. The number of aromatic nitrogens is 1. The molecule has 80 valence electrons. The monoisotopic (exact) mass is 286 g/mol. The Labute approximate surface area is 101 Å². The van der Waals surface area contributed by atoms with E-state index in [2.05, 4.69) is 33.2 Å². The van der Waals surface area contributed by atoms with E-state index in [-0.39, 0.29) is 6.04 Å². The van der Waals surface area contributed by atoms with Crippen LogP contribution in [-0.2, 0) is 6.54 Å². The normalized spacial score (nSPS) is 12.9. The van der Waals surface area contributed by atoms with Crippen LogP contribution in [0.4, 0.5) is 0 Å². The molecule has 0 aromatic carbocycles. The van der Waals surface area contributed by atoms with Gasteiger partial charge in [0.2, 0.25) is 0 Å². The van der Waals surface area contributed by atoms with Gasteiger partial charge in [0.25, 0.3) is 0 Å². The Morgan fingerprint density at radius 1 is 1.67 bits per heavy atom. The zero-order valence-corrected chi connectivity index (χ0v) is 10.6.